The summed E-state index contributed by atoms with van der Waals surface area (Å²) in [5.74, 6) is 0.919. The fraction of sp³-hybridized carbons (Fsp3) is 0.421. The molecule has 132 valence electrons. The summed E-state index contributed by atoms with van der Waals surface area (Å²) in [6.07, 6.45) is 3.83. The molecule has 6 heteroatoms. The quantitative estimate of drug-likeness (QED) is 0.874. The van der Waals surface area contributed by atoms with Crippen LogP contribution in [0.25, 0.3) is 0 Å². The molecule has 1 amide bonds. The van der Waals surface area contributed by atoms with E-state index in [2.05, 4.69) is 15.3 Å². The van der Waals surface area contributed by atoms with Gasteiger partial charge in [0.25, 0.3) is 5.91 Å². The number of amides is 1. The van der Waals surface area contributed by atoms with Crippen LogP contribution in [0.5, 0.6) is 0 Å². The first-order valence-electron chi connectivity index (χ1n) is 8.52. The van der Waals surface area contributed by atoms with Crippen LogP contribution in [0.1, 0.15) is 46.2 Å². The minimum atomic E-state index is -0.126. The molecule has 1 N–H and O–H groups in total. The zero-order valence-electron chi connectivity index (χ0n) is 14.4. The van der Waals surface area contributed by atoms with Gasteiger partial charge in [-0.25, -0.2) is 9.97 Å². The molecule has 1 aromatic carbocycles. The minimum Gasteiger partial charge on any atom is -0.381 e. The number of hydrogen-bond donors (Lipinski definition) is 1. The van der Waals surface area contributed by atoms with Crippen molar-refractivity contribution in [2.45, 2.75) is 31.9 Å². The lowest BCUT2D eigenvalue weighted by molar-refractivity contribution is 0.0779. The molecule has 0 spiro atoms. The molecule has 2 heterocycles. The number of carbonyl (C=O) groups is 1. The highest BCUT2D eigenvalue weighted by Crippen LogP contribution is 2.22. The Bertz CT molecular complexity index is 715. The van der Waals surface area contributed by atoms with Gasteiger partial charge < -0.3 is 14.8 Å². The lowest BCUT2D eigenvalue weighted by Gasteiger charge is -2.20. The van der Waals surface area contributed by atoms with Gasteiger partial charge in [-0.05, 0) is 36.6 Å². The zero-order valence-corrected chi connectivity index (χ0v) is 14.4. The molecular weight excluding hydrogens is 318 g/mol. The van der Waals surface area contributed by atoms with Crippen LogP contribution >= 0.6 is 0 Å². The first-order valence-corrected chi connectivity index (χ1v) is 8.52. The van der Waals surface area contributed by atoms with Crippen molar-refractivity contribution in [2.24, 2.45) is 0 Å². The Morgan fingerprint density at radius 3 is 3.12 bits per heavy atom. The van der Waals surface area contributed by atoms with Crippen LogP contribution in [0.2, 0.25) is 0 Å². The van der Waals surface area contributed by atoms with E-state index in [1.54, 1.807) is 19.4 Å². The van der Waals surface area contributed by atoms with E-state index in [1.165, 1.54) is 0 Å². The molecule has 3 rings (SSSR count). The largest absolute Gasteiger partial charge is 0.381 e. The van der Waals surface area contributed by atoms with Crippen LogP contribution in [0, 0.1) is 0 Å². The molecule has 0 bridgehead atoms. The van der Waals surface area contributed by atoms with Crippen molar-refractivity contribution in [1.29, 1.82) is 0 Å². The van der Waals surface area contributed by atoms with Gasteiger partial charge in [0, 0.05) is 31.4 Å². The third-order valence-corrected chi connectivity index (χ3v) is 4.19. The van der Waals surface area contributed by atoms with Gasteiger partial charge in [0.05, 0.1) is 25.5 Å². The Morgan fingerprint density at radius 1 is 1.40 bits per heavy atom. The van der Waals surface area contributed by atoms with Gasteiger partial charge >= 0.3 is 0 Å². The summed E-state index contributed by atoms with van der Waals surface area (Å²) >= 11 is 0. The molecule has 2 aromatic rings. The maximum atomic E-state index is 12.3. The number of hydrogen-bond acceptors (Lipinski definition) is 5. The summed E-state index contributed by atoms with van der Waals surface area (Å²) in [7, 11) is 1.64. The number of ether oxygens (including phenoxy) is 2. The van der Waals surface area contributed by atoms with E-state index in [4.69, 9.17) is 9.47 Å². The number of nitrogens with zero attached hydrogens (tertiary/aromatic N) is 2. The van der Waals surface area contributed by atoms with Gasteiger partial charge in [0.2, 0.25) is 0 Å². The molecule has 0 radical (unpaired) electrons. The Hall–Kier alpha value is -2.31. The molecule has 1 aliphatic heterocycles. The van der Waals surface area contributed by atoms with Crippen LogP contribution < -0.4 is 5.32 Å². The molecule has 1 fully saturated rings. The molecule has 1 saturated heterocycles. The normalized spacial score (nSPS) is 17.2. The van der Waals surface area contributed by atoms with Gasteiger partial charge in [-0.3, -0.25) is 4.79 Å². The first kappa shape index (κ1) is 17.5. The first-order chi connectivity index (χ1) is 12.3. The second kappa shape index (κ2) is 8.69. The molecule has 0 aliphatic carbocycles. The lowest BCUT2D eigenvalue weighted by atomic mass is 10.0. The highest BCUT2D eigenvalue weighted by molar-refractivity contribution is 5.94. The van der Waals surface area contributed by atoms with E-state index >= 15 is 0 Å². The van der Waals surface area contributed by atoms with E-state index in [-0.39, 0.29) is 11.8 Å². The van der Waals surface area contributed by atoms with E-state index in [0.717, 1.165) is 36.5 Å². The SMILES string of the molecule is COCc1cccc(C(=O)NCc2ccnc(C3CCCOC3)n2)c1. The topological polar surface area (TPSA) is 73.3 Å². The second-order valence-electron chi connectivity index (χ2n) is 6.14. The van der Waals surface area contributed by atoms with Gasteiger partial charge in [-0.2, -0.15) is 0 Å². The van der Waals surface area contributed by atoms with Crippen LogP contribution in [0.15, 0.2) is 36.5 Å². The molecule has 0 saturated carbocycles. The Balaban J connectivity index is 1.61. The Morgan fingerprint density at radius 2 is 2.32 bits per heavy atom. The maximum Gasteiger partial charge on any atom is 0.251 e. The molecule has 1 aliphatic rings. The number of aromatic nitrogens is 2. The van der Waals surface area contributed by atoms with Crippen molar-refractivity contribution in [1.82, 2.24) is 15.3 Å². The monoisotopic (exact) mass is 341 g/mol. The number of nitrogens with one attached hydrogen (secondary N) is 1. The molecular formula is C19H23N3O3. The zero-order chi connectivity index (χ0) is 17.5. The van der Waals surface area contributed by atoms with Crippen molar-refractivity contribution >= 4 is 5.91 Å². The Kier molecular flexibility index (Phi) is 6.09. The predicted molar refractivity (Wildman–Crippen MR) is 93.2 cm³/mol. The van der Waals surface area contributed by atoms with E-state index in [1.807, 2.05) is 24.3 Å². The number of rotatable bonds is 6. The Labute approximate surface area is 147 Å². The van der Waals surface area contributed by atoms with Crippen molar-refractivity contribution in [2.75, 3.05) is 20.3 Å². The van der Waals surface area contributed by atoms with Gasteiger partial charge in [-0.1, -0.05) is 12.1 Å². The van der Waals surface area contributed by atoms with Gasteiger partial charge in [0.15, 0.2) is 0 Å². The molecule has 6 nitrogen and oxygen atoms in total. The van der Waals surface area contributed by atoms with Crippen LogP contribution in [-0.2, 0) is 22.6 Å². The molecule has 25 heavy (non-hydrogen) atoms. The fourth-order valence-corrected chi connectivity index (χ4v) is 2.89. The van der Waals surface area contributed by atoms with Crippen LogP contribution in [-0.4, -0.2) is 36.2 Å². The maximum absolute atomic E-state index is 12.3. The van der Waals surface area contributed by atoms with Crippen LogP contribution in [0.4, 0.5) is 0 Å². The smallest absolute Gasteiger partial charge is 0.251 e. The van der Waals surface area contributed by atoms with Crippen LogP contribution in [0.3, 0.4) is 0 Å². The summed E-state index contributed by atoms with van der Waals surface area (Å²) in [5.41, 5.74) is 2.39. The van der Waals surface area contributed by atoms with Gasteiger partial charge in [-0.15, -0.1) is 0 Å². The highest BCUT2D eigenvalue weighted by atomic mass is 16.5. The standard InChI is InChI=1S/C19H23N3O3/c1-24-12-14-4-2-5-15(10-14)19(23)21-11-17-7-8-20-18(22-17)16-6-3-9-25-13-16/h2,4-5,7-8,10,16H,3,6,9,11-13H2,1H3,(H,21,23). The highest BCUT2D eigenvalue weighted by Gasteiger charge is 2.19. The average Bonchev–Trinajstić information content (AvgIpc) is 2.67. The van der Waals surface area contributed by atoms with Crippen molar-refractivity contribution in [3.63, 3.8) is 0 Å². The molecule has 1 atom stereocenters. The van der Waals surface area contributed by atoms with E-state index in [9.17, 15) is 4.79 Å². The summed E-state index contributed by atoms with van der Waals surface area (Å²) in [4.78, 5) is 21.3. The number of benzene rings is 1. The number of methoxy groups -OCH3 is 1. The van der Waals surface area contributed by atoms with Gasteiger partial charge in [0.1, 0.15) is 5.82 Å². The molecule has 1 aromatic heterocycles. The third kappa shape index (κ3) is 4.84. The third-order valence-electron chi connectivity index (χ3n) is 4.19. The number of carbonyl (C=O) groups excluding carboxylic acids is 1. The summed E-state index contributed by atoms with van der Waals surface area (Å²) in [5, 5.41) is 2.91. The second-order valence-corrected chi connectivity index (χ2v) is 6.14. The fourth-order valence-electron chi connectivity index (χ4n) is 2.89. The summed E-state index contributed by atoms with van der Waals surface area (Å²) in [6, 6.07) is 9.25. The lowest BCUT2D eigenvalue weighted by Crippen LogP contribution is -2.24. The molecule has 1 unspecified atom stereocenters. The summed E-state index contributed by atoms with van der Waals surface area (Å²) < 4.78 is 10.6. The average molecular weight is 341 g/mol. The van der Waals surface area contributed by atoms with E-state index < -0.39 is 0 Å². The summed E-state index contributed by atoms with van der Waals surface area (Å²) in [6.45, 7) is 2.34. The van der Waals surface area contributed by atoms with E-state index in [0.29, 0.717) is 25.3 Å². The van der Waals surface area contributed by atoms with Crippen molar-refractivity contribution in [3.05, 3.63) is 59.2 Å². The predicted octanol–water partition coefficient (Wildman–Crippen LogP) is 2.45. The van der Waals surface area contributed by atoms with Crippen molar-refractivity contribution in [3.8, 4) is 0 Å². The minimum absolute atomic E-state index is 0.126. The van der Waals surface area contributed by atoms with Crippen molar-refractivity contribution < 1.29 is 14.3 Å².